The third-order valence-electron chi connectivity index (χ3n) is 3.33. The van der Waals surface area contributed by atoms with E-state index in [1.54, 1.807) is 6.21 Å². The van der Waals surface area contributed by atoms with Crippen molar-refractivity contribution >= 4 is 17.9 Å². The number of hydrogen-bond donors (Lipinski definition) is 2. The standard InChI is InChI=1S/C13H17N3O2/c14-15-9-10-1-3-12(4-2-10)16-7-5-11(6-8-16)13(17)18/h1-4,9,11H,5-8,14H2,(H,17,18)/b15-9+. The Kier molecular flexibility index (Phi) is 3.82. The van der Waals surface area contributed by atoms with E-state index in [0.29, 0.717) is 12.8 Å². The quantitative estimate of drug-likeness (QED) is 0.479. The maximum absolute atomic E-state index is 10.9. The van der Waals surface area contributed by atoms with Crippen LogP contribution in [0.2, 0.25) is 0 Å². The molecule has 96 valence electrons. The zero-order chi connectivity index (χ0) is 13.0. The molecule has 1 aliphatic rings. The fourth-order valence-corrected chi connectivity index (χ4v) is 2.24. The van der Waals surface area contributed by atoms with Gasteiger partial charge in [-0.15, -0.1) is 0 Å². The Bertz CT molecular complexity index is 434. The summed E-state index contributed by atoms with van der Waals surface area (Å²) >= 11 is 0. The summed E-state index contributed by atoms with van der Waals surface area (Å²) in [6.45, 7) is 1.59. The molecule has 1 aliphatic heterocycles. The van der Waals surface area contributed by atoms with Crippen LogP contribution in [0, 0.1) is 5.92 Å². The Morgan fingerprint density at radius 2 is 1.94 bits per heavy atom. The Morgan fingerprint density at radius 3 is 2.44 bits per heavy atom. The molecule has 0 aliphatic carbocycles. The Hall–Kier alpha value is -2.04. The van der Waals surface area contributed by atoms with Crippen LogP contribution in [0.5, 0.6) is 0 Å². The van der Waals surface area contributed by atoms with Crippen LogP contribution in [-0.2, 0) is 4.79 Å². The molecule has 0 radical (unpaired) electrons. The van der Waals surface area contributed by atoms with Crippen LogP contribution in [0.15, 0.2) is 29.4 Å². The molecule has 0 amide bonds. The first kappa shape index (κ1) is 12.4. The monoisotopic (exact) mass is 247 g/mol. The van der Waals surface area contributed by atoms with E-state index >= 15 is 0 Å². The second-order valence-corrected chi connectivity index (χ2v) is 4.47. The number of hydrogen-bond acceptors (Lipinski definition) is 4. The van der Waals surface area contributed by atoms with Gasteiger partial charge in [-0.05, 0) is 30.5 Å². The lowest BCUT2D eigenvalue weighted by molar-refractivity contribution is -0.142. The summed E-state index contributed by atoms with van der Waals surface area (Å²) in [7, 11) is 0. The van der Waals surface area contributed by atoms with Crippen molar-refractivity contribution < 1.29 is 9.90 Å². The molecule has 0 aromatic heterocycles. The van der Waals surface area contributed by atoms with Gasteiger partial charge in [-0.3, -0.25) is 4.79 Å². The number of anilines is 1. The van der Waals surface area contributed by atoms with Crippen LogP contribution in [0.1, 0.15) is 18.4 Å². The molecule has 1 aromatic carbocycles. The summed E-state index contributed by atoms with van der Waals surface area (Å²) < 4.78 is 0. The van der Waals surface area contributed by atoms with Gasteiger partial charge in [0.05, 0.1) is 12.1 Å². The van der Waals surface area contributed by atoms with Gasteiger partial charge in [0.2, 0.25) is 0 Å². The zero-order valence-electron chi connectivity index (χ0n) is 10.1. The van der Waals surface area contributed by atoms with Gasteiger partial charge in [-0.2, -0.15) is 5.10 Å². The number of nitrogens with two attached hydrogens (primary N) is 1. The highest BCUT2D eigenvalue weighted by molar-refractivity contribution is 5.80. The maximum Gasteiger partial charge on any atom is 0.306 e. The van der Waals surface area contributed by atoms with E-state index in [1.807, 2.05) is 24.3 Å². The summed E-state index contributed by atoms with van der Waals surface area (Å²) in [4.78, 5) is 13.1. The predicted octanol–water partition coefficient (Wildman–Crippen LogP) is 1.28. The maximum atomic E-state index is 10.9. The average Bonchev–Trinajstić information content (AvgIpc) is 2.40. The number of piperidine rings is 1. The third kappa shape index (κ3) is 2.80. The van der Waals surface area contributed by atoms with Gasteiger partial charge < -0.3 is 15.8 Å². The molecule has 1 heterocycles. The average molecular weight is 247 g/mol. The molecule has 0 bridgehead atoms. The number of rotatable bonds is 3. The Morgan fingerprint density at radius 1 is 1.33 bits per heavy atom. The predicted molar refractivity (Wildman–Crippen MR) is 70.8 cm³/mol. The first-order valence-corrected chi connectivity index (χ1v) is 6.02. The smallest absolute Gasteiger partial charge is 0.306 e. The van der Waals surface area contributed by atoms with E-state index in [2.05, 4.69) is 10.0 Å². The summed E-state index contributed by atoms with van der Waals surface area (Å²) in [5.41, 5.74) is 2.08. The minimum absolute atomic E-state index is 0.190. The fourth-order valence-electron chi connectivity index (χ4n) is 2.24. The first-order valence-electron chi connectivity index (χ1n) is 6.02. The van der Waals surface area contributed by atoms with Crippen LogP contribution in [0.25, 0.3) is 0 Å². The van der Waals surface area contributed by atoms with E-state index in [-0.39, 0.29) is 5.92 Å². The summed E-state index contributed by atoms with van der Waals surface area (Å²) in [6.07, 6.45) is 3.02. The number of benzene rings is 1. The summed E-state index contributed by atoms with van der Waals surface area (Å²) in [5, 5.41) is 12.4. The molecule has 1 fully saturated rings. The van der Waals surface area contributed by atoms with E-state index in [9.17, 15) is 4.79 Å². The van der Waals surface area contributed by atoms with Crippen molar-refractivity contribution in [3.8, 4) is 0 Å². The van der Waals surface area contributed by atoms with Crippen LogP contribution < -0.4 is 10.7 Å². The lowest BCUT2D eigenvalue weighted by atomic mass is 9.96. The molecule has 18 heavy (non-hydrogen) atoms. The van der Waals surface area contributed by atoms with Crippen molar-refractivity contribution in [3.63, 3.8) is 0 Å². The molecule has 5 heteroatoms. The second-order valence-electron chi connectivity index (χ2n) is 4.47. The molecule has 1 aromatic rings. The molecule has 1 saturated heterocycles. The van der Waals surface area contributed by atoms with Crippen LogP contribution in [0.3, 0.4) is 0 Å². The topological polar surface area (TPSA) is 78.9 Å². The van der Waals surface area contributed by atoms with Gasteiger partial charge in [-0.1, -0.05) is 12.1 Å². The molecule has 5 nitrogen and oxygen atoms in total. The molecule has 0 atom stereocenters. The lowest BCUT2D eigenvalue weighted by Gasteiger charge is -2.31. The van der Waals surface area contributed by atoms with Gasteiger partial charge in [-0.25, -0.2) is 0 Å². The van der Waals surface area contributed by atoms with Crippen LogP contribution in [0.4, 0.5) is 5.69 Å². The van der Waals surface area contributed by atoms with E-state index < -0.39 is 5.97 Å². The number of hydrazone groups is 1. The van der Waals surface area contributed by atoms with Crippen molar-refractivity contribution in [2.45, 2.75) is 12.8 Å². The molecule has 3 N–H and O–H groups in total. The van der Waals surface area contributed by atoms with Gasteiger partial charge in [0.15, 0.2) is 0 Å². The SMILES string of the molecule is N/N=C/c1ccc(N2CCC(C(=O)O)CC2)cc1. The molecule has 0 saturated carbocycles. The van der Waals surface area contributed by atoms with Crippen LogP contribution in [-0.4, -0.2) is 30.4 Å². The van der Waals surface area contributed by atoms with Crippen molar-refractivity contribution in [1.82, 2.24) is 0 Å². The number of carboxylic acid groups (broad SMARTS) is 1. The van der Waals surface area contributed by atoms with Crippen molar-refractivity contribution in [1.29, 1.82) is 0 Å². The summed E-state index contributed by atoms with van der Waals surface area (Å²) in [6, 6.07) is 7.93. The highest BCUT2D eigenvalue weighted by Gasteiger charge is 2.24. The van der Waals surface area contributed by atoms with E-state index in [4.69, 9.17) is 10.9 Å². The highest BCUT2D eigenvalue weighted by atomic mass is 16.4. The van der Waals surface area contributed by atoms with Gasteiger partial charge in [0.1, 0.15) is 0 Å². The van der Waals surface area contributed by atoms with Crippen molar-refractivity contribution in [2.24, 2.45) is 16.9 Å². The number of carbonyl (C=O) groups is 1. The van der Waals surface area contributed by atoms with Gasteiger partial charge in [0.25, 0.3) is 0 Å². The minimum atomic E-state index is -0.677. The molecule has 0 spiro atoms. The summed E-state index contributed by atoms with van der Waals surface area (Å²) in [5.74, 6) is 4.22. The van der Waals surface area contributed by atoms with E-state index in [1.165, 1.54) is 0 Å². The zero-order valence-corrected chi connectivity index (χ0v) is 10.1. The van der Waals surface area contributed by atoms with Crippen molar-refractivity contribution in [2.75, 3.05) is 18.0 Å². The molecule has 0 unspecified atom stereocenters. The molecule has 2 rings (SSSR count). The Balaban J connectivity index is 1.99. The molecular weight excluding hydrogens is 230 g/mol. The number of carboxylic acids is 1. The normalized spacial score (nSPS) is 17.2. The largest absolute Gasteiger partial charge is 0.481 e. The second kappa shape index (κ2) is 5.53. The number of nitrogens with zero attached hydrogens (tertiary/aromatic N) is 2. The van der Waals surface area contributed by atoms with Crippen molar-refractivity contribution in [3.05, 3.63) is 29.8 Å². The number of aliphatic carboxylic acids is 1. The van der Waals surface area contributed by atoms with E-state index in [0.717, 1.165) is 24.3 Å². The van der Waals surface area contributed by atoms with Gasteiger partial charge >= 0.3 is 5.97 Å². The minimum Gasteiger partial charge on any atom is -0.481 e. The van der Waals surface area contributed by atoms with Gasteiger partial charge in [0, 0.05) is 18.8 Å². The first-order chi connectivity index (χ1) is 8.70. The fraction of sp³-hybridized carbons (Fsp3) is 0.385. The molecular formula is C13H17N3O2. The van der Waals surface area contributed by atoms with Crippen LogP contribution >= 0.6 is 0 Å². The third-order valence-corrected chi connectivity index (χ3v) is 3.33. The Labute approximate surface area is 106 Å². The highest BCUT2D eigenvalue weighted by Crippen LogP contribution is 2.23. The lowest BCUT2D eigenvalue weighted by Crippen LogP contribution is -2.36.